The third-order valence-electron chi connectivity index (χ3n) is 5.46. The minimum Gasteiger partial charge on any atom is -0.370 e. The van der Waals surface area contributed by atoms with E-state index in [0.717, 1.165) is 45.3 Å². The van der Waals surface area contributed by atoms with Crippen LogP contribution in [0.1, 0.15) is 65.4 Å². The Balaban J connectivity index is 1.85. The van der Waals surface area contributed by atoms with E-state index in [1.165, 1.54) is 11.6 Å². The highest BCUT2D eigenvalue weighted by Crippen LogP contribution is 2.39. The van der Waals surface area contributed by atoms with Crippen molar-refractivity contribution in [2.75, 3.05) is 6.61 Å². The molecule has 2 rings (SSSR count). The third-order valence-corrected chi connectivity index (χ3v) is 5.79. The minimum atomic E-state index is -0.224. The van der Waals surface area contributed by atoms with Gasteiger partial charge in [0.05, 0.1) is 5.60 Å². The number of hydrogen-bond donors (Lipinski definition) is 1. The zero-order valence-corrected chi connectivity index (χ0v) is 19.1. The van der Waals surface area contributed by atoms with Gasteiger partial charge in [-0.1, -0.05) is 70.9 Å². The predicted molar refractivity (Wildman–Crippen MR) is 123 cm³/mol. The molecule has 0 saturated carbocycles. The van der Waals surface area contributed by atoms with Gasteiger partial charge >= 0.3 is 0 Å². The fourth-order valence-corrected chi connectivity index (χ4v) is 4.19. The van der Waals surface area contributed by atoms with E-state index in [0.29, 0.717) is 16.6 Å². The van der Waals surface area contributed by atoms with Crippen molar-refractivity contribution in [3.8, 4) is 0 Å². The molecule has 1 N–H and O–H groups in total. The lowest BCUT2D eigenvalue weighted by Gasteiger charge is -2.40. The topological polar surface area (TPSA) is 47.0 Å². The molecule has 4 nitrogen and oxygen atoms in total. The highest BCUT2D eigenvalue weighted by atomic mass is 32.1. The van der Waals surface area contributed by atoms with E-state index in [4.69, 9.17) is 17.0 Å². The fourth-order valence-electron chi connectivity index (χ4n) is 3.93. The van der Waals surface area contributed by atoms with E-state index in [1.54, 1.807) is 6.20 Å². The lowest BCUT2D eigenvalue weighted by Crippen LogP contribution is -2.37. The van der Waals surface area contributed by atoms with Gasteiger partial charge in [-0.2, -0.15) is 0 Å². The van der Waals surface area contributed by atoms with Crippen LogP contribution in [0.3, 0.4) is 0 Å². The fraction of sp³-hybridized carbons (Fsp3) is 0.583. The number of hydrogen-bond acceptors (Lipinski definition) is 3. The quantitative estimate of drug-likeness (QED) is 0.337. The molecule has 0 saturated heterocycles. The molecule has 0 amide bonds. The smallest absolute Gasteiger partial charge is 0.251 e. The molecule has 0 fully saturated rings. The van der Waals surface area contributed by atoms with Crippen molar-refractivity contribution in [2.24, 2.45) is 11.8 Å². The maximum Gasteiger partial charge on any atom is 0.251 e. The van der Waals surface area contributed by atoms with Crippen LogP contribution in [0.5, 0.6) is 0 Å². The Bertz CT molecular complexity index is 842. The maximum absolute atomic E-state index is 11.2. The van der Waals surface area contributed by atoms with E-state index in [-0.39, 0.29) is 11.2 Å². The van der Waals surface area contributed by atoms with Crippen molar-refractivity contribution in [2.45, 2.75) is 71.9 Å². The summed E-state index contributed by atoms with van der Waals surface area (Å²) >= 11 is 5.19. The van der Waals surface area contributed by atoms with Crippen LogP contribution in [0.15, 0.2) is 47.4 Å². The van der Waals surface area contributed by atoms with Crippen molar-refractivity contribution >= 4 is 12.2 Å². The molecule has 1 heterocycles. The Kier molecular flexibility index (Phi) is 9.31. The molecule has 1 atom stereocenters. The van der Waals surface area contributed by atoms with Gasteiger partial charge < -0.3 is 9.30 Å². The Morgan fingerprint density at radius 1 is 1.03 bits per heavy atom. The Morgan fingerprint density at radius 3 is 2.34 bits per heavy atom. The van der Waals surface area contributed by atoms with Crippen molar-refractivity contribution in [3.63, 3.8) is 0 Å². The summed E-state index contributed by atoms with van der Waals surface area (Å²) < 4.78 is 9.05. The molecule has 0 aliphatic carbocycles. The number of benzene rings is 1. The van der Waals surface area contributed by atoms with Gasteiger partial charge in [0.1, 0.15) is 0 Å². The number of nitrogens with one attached hydrogen (secondary N) is 1. The Morgan fingerprint density at radius 2 is 1.72 bits per heavy atom. The number of aromatic amines is 1. The van der Waals surface area contributed by atoms with Crippen LogP contribution >= 0.6 is 12.2 Å². The van der Waals surface area contributed by atoms with Gasteiger partial charge in [0.25, 0.3) is 5.56 Å². The summed E-state index contributed by atoms with van der Waals surface area (Å²) in [5, 5.41) is 0. The summed E-state index contributed by atoms with van der Waals surface area (Å²) in [7, 11) is 0. The second kappa shape index (κ2) is 11.5. The molecule has 29 heavy (non-hydrogen) atoms. The molecule has 5 heteroatoms. The third kappa shape index (κ3) is 6.93. The van der Waals surface area contributed by atoms with Crippen molar-refractivity contribution in [1.29, 1.82) is 0 Å². The molecule has 0 bridgehead atoms. The number of rotatable bonds is 12. The molecule has 0 aliphatic heterocycles. The predicted octanol–water partition coefficient (Wildman–Crippen LogP) is 6.08. The lowest BCUT2D eigenvalue weighted by molar-refractivity contribution is -0.0990. The van der Waals surface area contributed by atoms with Crippen LogP contribution in [-0.4, -0.2) is 16.2 Å². The summed E-state index contributed by atoms with van der Waals surface area (Å²) in [6.07, 6.45) is 7.14. The van der Waals surface area contributed by atoms with Crippen molar-refractivity contribution < 1.29 is 4.74 Å². The van der Waals surface area contributed by atoms with Gasteiger partial charge in [0.15, 0.2) is 4.77 Å². The number of aryl methyl sites for hydroxylation is 1. The highest BCUT2D eigenvalue weighted by molar-refractivity contribution is 7.71. The molecule has 0 spiro atoms. The van der Waals surface area contributed by atoms with E-state index in [9.17, 15) is 4.79 Å². The summed E-state index contributed by atoms with van der Waals surface area (Å²) in [6, 6.07) is 12.2. The van der Waals surface area contributed by atoms with Crippen molar-refractivity contribution in [1.82, 2.24) is 9.55 Å². The summed E-state index contributed by atoms with van der Waals surface area (Å²) in [5.41, 5.74) is 0.922. The molecular weight excluding hydrogens is 380 g/mol. The first-order valence-electron chi connectivity index (χ1n) is 10.8. The second-order valence-electron chi connectivity index (χ2n) is 8.57. The number of H-pyrrole nitrogens is 1. The largest absolute Gasteiger partial charge is 0.370 e. The standard InChI is InChI=1S/C24H36N2O2S/c1-19(2)18-24(20(3)4,21-12-8-7-9-13-21)28-17-11-6-5-10-15-26-16-14-22(27)25-23(26)29/h7-9,12-14,16,19-20H,5-6,10-11,15,17-18H2,1-4H3,(H,25,27,29). The maximum atomic E-state index is 11.2. The van der Waals surface area contributed by atoms with Gasteiger partial charge in [0.2, 0.25) is 0 Å². The van der Waals surface area contributed by atoms with E-state index in [2.05, 4.69) is 63.0 Å². The molecule has 2 aromatic rings. The van der Waals surface area contributed by atoms with E-state index in [1.807, 2.05) is 4.57 Å². The van der Waals surface area contributed by atoms with E-state index >= 15 is 0 Å². The summed E-state index contributed by atoms with van der Waals surface area (Å²) in [4.78, 5) is 13.9. The number of unbranched alkanes of at least 4 members (excludes halogenated alkanes) is 3. The average molecular weight is 417 g/mol. The van der Waals surface area contributed by atoms with Crippen LogP contribution in [0.4, 0.5) is 0 Å². The van der Waals surface area contributed by atoms with Crippen LogP contribution in [0.25, 0.3) is 0 Å². The number of aromatic nitrogens is 2. The Labute approximate surface area is 180 Å². The highest BCUT2D eigenvalue weighted by Gasteiger charge is 2.37. The monoisotopic (exact) mass is 416 g/mol. The normalized spacial score (nSPS) is 13.7. The van der Waals surface area contributed by atoms with Gasteiger partial charge in [-0.15, -0.1) is 0 Å². The first-order valence-corrected chi connectivity index (χ1v) is 11.2. The zero-order valence-electron chi connectivity index (χ0n) is 18.3. The zero-order chi connectivity index (χ0) is 21.3. The van der Waals surface area contributed by atoms with Crippen molar-refractivity contribution in [3.05, 3.63) is 63.3 Å². The average Bonchev–Trinajstić information content (AvgIpc) is 2.68. The van der Waals surface area contributed by atoms with Gasteiger partial charge in [-0.25, -0.2) is 0 Å². The molecule has 0 radical (unpaired) electrons. The SMILES string of the molecule is CC(C)CC(OCCCCCCn1ccc(=O)[nH]c1=S)(c1ccccc1)C(C)C. The van der Waals surface area contributed by atoms with Gasteiger partial charge in [-0.3, -0.25) is 9.78 Å². The van der Waals surface area contributed by atoms with E-state index < -0.39 is 0 Å². The minimum absolute atomic E-state index is 0.142. The summed E-state index contributed by atoms with van der Waals surface area (Å²) in [5.74, 6) is 0.981. The first kappa shape index (κ1) is 23.6. The van der Waals surface area contributed by atoms with Crippen LogP contribution in [-0.2, 0) is 16.9 Å². The lowest BCUT2D eigenvalue weighted by atomic mass is 9.77. The van der Waals surface area contributed by atoms with Crippen LogP contribution in [0.2, 0.25) is 0 Å². The molecule has 1 aromatic heterocycles. The van der Waals surface area contributed by atoms with Crippen LogP contribution in [0, 0.1) is 16.6 Å². The molecule has 1 unspecified atom stereocenters. The number of nitrogens with zero attached hydrogens (tertiary/aromatic N) is 1. The molecular formula is C24H36N2O2S. The summed E-state index contributed by atoms with van der Waals surface area (Å²) in [6.45, 7) is 10.7. The molecule has 0 aliphatic rings. The number of ether oxygens (including phenoxy) is 1. The van der Waals surface area contributed by atoms with Crippen LogP contribution < -0.4 is 5.56 Å². The Hall–Kier alpha value is -1.72. The first-order chi connectivity index (χ1) is 13.8. The molecule has 1 aromatic carbocycles. The van der Waals surface area contributed by atoms with Gasteiger partial charge in [0, 0.05) is 25.4 Å². The van der Waals surface area contributed by atoms with Gasteiger partial charge in [-0.05, 0) is 48.9 Å². The molecule has 160 valence electrons. The second-order valence-corrected chi connectivity index (χ2v) is 8.96.